The lowest BCUT2D eigenvalue weighted by Crippen LogP contribution is -2.29. The molecule has 0 amide bonds. The smallest absolute Gasteiger partial charge is 0.0468 e. The quantitative estimate of drug-likeness (QED) is 0.546. The molecule has 0 fully saturated rings. The molecule has 0 aromatic rings. The van der Waals surface area contributed by atoms with Gasteiger partial charge in [-0.25, -0.2) is 0 Å². The second-order valence-corrected chi connectivity index (χ2v) is 3.87. The van der Waals surface area contributed by atoms with Crippen LogP contribution in [0.2, 0.25) is 0 Å². The minimum Gasteiger partial charge on any atom is -0.396 e. The SMILES string of the molecule is CCN(CC)CCCNCC(C)CO. The van der Waals surface area contributed by atoms with Crippen LogP contribution in [0.1, 0.15) is 27.2 Å². The second-order valence-electron chi connectivity index (χ2n) is 3.87. The van der Waals surface area contributed by atoms with Crippen LogP contribution in [0.15, 0.2) is 0 Å². The van der Waals surface area contributed by atoms with Crippen LogP contribution in [0, 0.1) is 5.92 Å². The standard InChI is InChI=1S/C11H26N2O/c1-4-13(5-2)8-6-7-12-9-11(3)10-14/h11-12,14H,4-10H2,1-3H3. The van der Waals surface area contributed by atoms with Gasteiger partial charge in [0.1, 0.15) is 0 Å². The van der Waals surface area contributed by atoms with Crippen LogP contribution >= 0.6 is 0 Å². The Labute approximate surface area is 88.5 Å². The summed E-state index contributed by atoms with van der Waals surface area (Å²) >= 11 is 0. The molecule has 0 saturated carbocycles. The fourth-order valence-corrected chi connectivity index (χ4v) is 1.38. The largest absolute Gasteiger partial charge is 0.396 e. The summed E-state index contributed by atoms with van der Waals surface area (Å²) in [5.41, 5.74) is 0. The summed E-state index contributed by atoms with van der Waals surface area (Å²) in [6, 6.07) is 0. The fraction of sp³-hybridized carbons (Fsp3) is 1.00. The van der Waals surface area contributed by atoms with Crippen LogP contribution in [0.3, 0.4) is 0 Å². The van der Waals surface area contributed by atoms with Crippen molar-refractivity contribution < 1.29 is 5.11 Å². The minimum atomic E-state index is 0.281. The Hall–Kier alpha value is -0.120. The number of hydrogen-bond acceptors (Lipinski definition) is 3. The van der Waals surface area contributed by atoms with Gasteiger partial charge in [-0.05, 0) is 45.1 Å². The van der Waals surface area contributed by atoms with Crippen LogP contribution in [-0.2, 0) is 0 Å². The molecule has 0 bridgehead atoms. The molecular formula is C11H26N2O. The van der Waals surface area contributed by atoms with E-state index in [1.165, 1.54) is 13.0 Å². The van der Waals surface area contributed by atoms with Gasteiger partial charge in [0.05, 0.1) is 0 Å². The van der Waals surface area contributed by atoms with Gasteiger partial charge >= 0.3 is 0 Å². The van der Waals surface area contributed by atoms with Crippen molar-refractivity contribution in [3.8, 4) is 0 Å². The van der Waals surface area contributed by atoms with Crippen LogP contribution in [0.5, 0.6) is 0 Å². The molecule has 0 aliphatic carbocycles. The van der Waals surface area contributed by atoms with Gasteiger partial charge in [-0.3, -0.25) is 0 Å². The molecule has 0 aromatic carbocycles. The van der Waals surface area contributed by atoms with E-state index >= 15 is 0 Å². The van der Waals surface area contributed by atoms with Gasteiger partial charge in [0.25, 0.3) is 0 Å². The van der Waals surface area contributed by atoms with E-state index in [2.05, 4.69) is 31.0 Å². The average molecular weight is 202 g/mol. The van der Waals surface area contributed by atoms with Crippen molar-refractivity contribution in [1.29, 1.82) is 0 Å². The number of hydrogen-bond donors (Lipinski definition) is 2. The molecule has 2 N–H and O–H groups in total. The van der Waals surface area contributed by atoms with Crippen molar-refractivity contribution in [3.05, 3.63) is 0 Å². The maximum absolute atomic E-state index is 8.81. The molecule has 0 aliphatic heterocycles. The molecule has 0 saturated heterocycles. The van der Waals surface area contributed by atoms with Gasteiger partial charge in [0.2, 0.25) is 0 Å². The zero-order valence-corrected chi connectivity index (χ0v) is 9.92. The lowest BCUT2D eigenvalue weighted by Gasteiger charge is -2.18. The molecular weight excluding hydrogens is 176 g/mol. The van der Waals surface area contributed by atoms with Gasteiger partial charge in [0.15, 0.2) is 0 Å². The van der Waals surface area contributed by atoms with Gasteiger partial charge < -0.3 is 15.3 Å². The minimum absolute atomic E-state index is 0.281. The van der Waals surface area contributed by atoms with E-state index < -0.39 is 0 Å². The van der Waals surface area contributed by atoms with Crippen molar-refractivity contribution in [3.63, 3.8) is 0 Å². The topological polar surface area (TPSA) is 35.5 Å². The zero-order chi connectivity index (χ0) is 10.8. The monoisotopic (exact) mass is 202 g/mol. The number of aliphatic hydroxyl groups excluding tert-OH is 1. The second kappa shape index (κ2) is 9.44. The highest BCUT2D eigenvalue weighted by Crippen LogP contribution is 1.91. The molecule has 86 valence electrons. The highest BCUT2D eigenvalue weighted by Gasteiger charge is 2.00. The Balaban J connectivity index is 3.20. The summed E-state index contributed by atoms with van der Waals surface area (Å²) in [5.74, 6) is 0.378. The fourth-order valence-electron chi connectivity index (χ4n) is 1.38. The van der Waals surface area contributed by atoms with E-state index in [1.807, 2.05) is 0 Å². The normalized spacial score (nSPS) is 13.5. The first kappa shape index (κ1) is 13.9. The highest BCUT2D eigenvalue weighted by atomic mass is 16.3. The summed E-state index contributed by atoms with van der Waals surface area (Å²) in [7, 11) is 0. The summed E-state index contributed by atoms with van der Waals surface area (Å²) in [5, 5.41) is 12.2. The molecule has 1 unspecified atom stereocenters. The van der Waals surface area contributed by atoms with Crippen molar-refractivity contribution >= 4 is 0 Å². The number of nitrogens with one attached hydrogen (secondary N) is 1. The molecule has 14 heavy (non-hydrogen) atoms. The van der Waals surface area contributed by atoms with Crippen LogP contribution in [-0.4, -0.2) is 49.3 Å². The molecule has 0 radical (unpaired) electrons. The van der Waals surface area contributed by atoms with Crippen molar-refractivity contribution in [2.75, 3.05) is 39.3 Å². The predicted octanol–water partition coefficient (Wildman–Crippen LogP) is 0.936. The van der Waals surface area contributed by atoms with Crippen molar-refractivity contribution in [1.82, 2.24) is 10.2 Å². The third kappa shape index (κ3) is 7.30. The first-order valence-corrected chi connectivity index (χ1v) is 5.78. The summed E-state index contributed by atoms with van der Waals surface area (Å²) in [4.78, 5) is 2.43. The van der Waals surface area contributed by atoms with Gasteiger partial charge in [-0.1, -0.05) is 20.8 Å². The van der Waals surface area contributed by atoms with E-state index in [0.717, 1.165) is 26.2 Å². The number of rotatable bonds is 9. The molecule has 0 heterocycles. The Morgan fingerprint density at radius 2 is 1.93 bits per heavy atom. The van der Waals surface area contributed by atoms with E-state index in [9.17, 15) is 0 Å². The molecule has 3 nitrogen and oxygen atoms in total. The average Bonchev–Trinajstić information content (AvgIpc) is 2.23. The Morgan fingerprint density at radius 1 is 1.29 bits per heavy atom. The van der Waals surface area contributed by atoms with Crippen LogP contribution in [0.25, 0.3) is 0 Å². The van der Waals surface area contributed by atoms with Gasteiger partial charge in [-0.2, -0.15) is 0 Å². The summed E-state index contributed by atoms with van der Waals surface area (Å²) < 4.78 is 0. The molecule has 3 heteroatoms. The number of nitrogens with zero attached hydrogens (tertiary/aromatic N) is 1. The van der Waals surface area contributed by atoms with E-state index in [0.29, 0.717) is 5.92 Å². The van der Waals surface area contributed by atoms with E-state index in [-0.39, 0.29) is 6.61 Å². The van der Waals surface area contributed by atoms with Crippen molar-refractivity contribution in [2.45, 2.75) is 27.2 Å². The Morgan fingerprint density at radius 3 is 2.43 bits per heavy atom. The van der Waals surface area contributed by atoms with Gasteiger partial charge in [0, 0.05) is 6.61 Å². The lowest BCUT2D eigenvalue weighted by atomic mass is 10.2. The van der Waals surface area contributed by atoms with Gasteiger partial charge in [-0.15, -0.1) is 0 Å². The number of aliphatic hydroxyl groups is 1. The zero-order valence-electron chi connectivity index (χ0n) is 9.92. The molecule has 1 atom stereocenters. The lowest BCUT2D eigenvalue weighted by molar-refractivity contribution is 0.232. The van der Waals surface area contributed by atoms with Crippen molar-refractivity contribution in [2.24, 2.45) is 5.92 Å². The third-order valence-corrected chi connectivity index (χ3v) is 2.53. The first-order chi connectivity index (χ1) is 6.74. The first-order valence-electron chi connectivity index (χ1n) is 5.78. The van der Waals surface area contributed by atoms with E-state index in [1.54, 1.807) is 0 Å². The molecule has 0 aliphatic rings. The Bertz CT molecular complexity index is 116. The highest BCUT2D eigenvalue weighted by molar-refractivity contribution is 4.57. The maximum Gasteiger partial charge on any atom is 0.0468 e. The molecule has 0 aromatic heterocycles. The van der Waals surface area contributed by atoms with Crippen LogP contribution in [0.4, 0.5) is 0 Å². The molecule has 0 spiro atoms. The maximum atomic E-state index is 8.81. The molecule has 0 rings (SSSR count). The van der Waals surface area contributed by atoms with Crippen LogP contribution < -0.4 is 5.32 Å². The summed E-state index contributed by atoms with van der Waals surface area (Å²) in [6.45, 7) is 12.2. The third-order valence-electron chi connectivity index (χ3n) is 2.53. The summed E-state index contributed by atoms with van der Waals surface area (Å²) in [6.07, 6.45) is 1.19. The van der Waals surface area contributed by atoms with E-state index in [4.69, 9.17) is 5.11 Å². The Kier molecular flexibility index (Phi) is 9.35. The predicted molar refractivity (Wildman–Crippen MR) is 61.5 cm³/mol.